The van der Waals surface area contributed by atoms with Crippen LogP contribution < -0.4 is 15.2 Å². The minimum atomic E-state index is -3.63. The first-order valence-electron chi connectivity index (χ1n) is 25.7. The number of nitrogens with two attached hydrogens (primary N) is 1. The standard InChI is InChI=1S/C22H22ClN5O2S.C11H12ClN3O2S.C11H11ClN2.C8H10ClN.C3H3ClN2O2S/c23-19-6-1-16(2-7-19)9-10-25-31(29,30)21-11-24-28(15-21)14-20-13-27-12-18(17-3-4-17)5-8-22(27)26-20;12-10-3-1-9(2-4-10)5-6-15-18(16,17)11-7-13-14-8-11;12-5-10-7-14-6-9(8-1-2-8)3-4-11(14)13-10;9-8-3-1-7(2-4-8)5-6-10;4-9(7,8)3-1-5-6-2-3/h1-2,5-8,11-13,15,17,25H,3-4,9-10,14H2;1-4,7-8,15H,5-6H2,(H,13,14);3-4,6-8H,1-2,5H2;1-4H,5-6,10H2;1-2H,(H,5,6). The van der Waals surface area contributed by atoms with E-state index in [1.54, 1.807) is 28.9 Å². The van der Waals surface area contributed by atoms with Crippen LogP contribution in [-0.2, 0) is 60.8 Å². The monoisotopic (exact) mass is 1270 g/mol. The maximum absolute atomic E-state index is 12.6. The van der Waals surface area contributed by atoms with E-state index in [1.807, 2.05) is 71.4 Å². The summed E-state index contributed by atoms with van der Waals surface area (Å²) in [5, 5.41) is 18.1. The van der Waals surface area contributed by atoms with Crippen molar-refractivity contribution in [3.63, 3.8) is 0 Å². The highest BCUT2D eigenvalue weighted by Crippen LogP contribution is 2.40. The van der Waals surface area contributed by atoms with Crippen molar-refractivity contribution < 1.29 is 25.3 Å². The Morgan fingerprint density at radius 1 is 0.537 bits per heavy atom. The van der Waals surface area contributed by atoms with Gasteiger partial charge in [-0.05, 0) is 140 Å². The van der Waals surface area contributed by atoms with Gasteiger partial charge in [0, 0.05) is 82.2 Å². The van der Waals surface area contributed by atoms with Gasteiger partial charge in [0.1, 0.15) is 26.0 Å². The van der Waals surface area contributed by atoms with E-state index in [0.29, 0.717) is 60.9 Å². The van der Waals surface area contributed by atoms with Crippen LogP contribution in [0.5, 0.6) is 0 Å². The van der Waals surface area contributed by atoms with Crippen LogP contribution in [0.4, 0.5) is 0 Å². The summed E-state index contributed by atoms with van der Waals surface area (Å²) in [6.07, 6.45) is 23.4. The minimum absolute atomic E-state index is 0.0100. The van der Waals surface area contributed by atoms with E-state index < -0.39 is 29.1 Å². The molecule has 12 rings (SSSR count). The molecule has 0 aliphatic heterocycles. The lowest BCUT2D eigenvalue weighted by Gasteiger charge is -2.05. The Morgan fingerprint density at radius 3 is 1.39 bits per heavy atom. The topological polar surface area (TPSA) is 262 Å². The molecular formula is C55H58Cl5N13O6S3. The van der Waals surface area contributed by atoms with Gasteiger partial charge in [-0.15, -0.1) is 11.6 Å². The number of hydrogen-bond acceptors (Lipinski definition) is 12. The van der Waals surface area contributed by atoms with Gasteiger partial charge in [-0.25, -0.2) is 44.7 Å². The number of rotatable bonds is 18. The molecule has 6 N–H and O–H groups in total. The Bertz CT molecular complexity index is 3970. The molecular weight excluding hydrogens is 1210 g/mol. The van der Waals surface area contributed by atoms with Crippen LogP contribution in [0, 0.1) is 0 Å². The van der Waals surface area contributed by atoms with Crippen molar-refractivity contribution in [2.75, 3.05) is 19.6 Å². The molecule has 0 radical (unpaired) electrons. The van der Waals surface area contributed by atoms with Gasteiger partial charge in [-0.2, -0.15) is 15.3 Å². The first-order chi connectivity index (χ1) is 39.3. The van der Waals surface area contributed by atoms with Crippen LogP contribution in [0.25, 0.3) is 11.3 Å². The highest BCUT2D eigenvalue weighted by Gasteiger charge is 2.25. The molecule has 0 spiro atoms. The second kappa shape index (κ2) is 28.9. The van der Waals surface area contributed by atoms with Crippen LogP contribution in [-0.4, -0.2) is 93.8 Å². The van der Waals surface area contributed by atoms with Gasteiger partial charge in [-0.1, -0.05) is 83.3 Å². The number of imidazole rings is 2. The number of aromatic nitrogens is 10. The molecule has 0 atom stereocenters. The van der Waals surface area contributed by atoms with Crippen molar-refractivity contribution in [1.82, 2.24) is 58.4 Å². The van der Waals surface area contributed by atoms with Crippen molar-refractivity contribution in [2.24, 2.45) is 5.73 Å². The van der Waals surface area contributed by atoms with E-state index in [1.165, 1.54) is 73.4 Å². The number of H-pyrrole nitrogens is 2. The van der Waals surface area contributed by atoms with E-state index >= 15 is 0 Å². The Balaban J connectivity index is 0.000000146. The number of benzene rings is 3. The predicted octanol–water partition coefficient (Wildman–Crippen LogP) is 10.3. The summed E-state index contributed by atoms with van der Waals surface area (Å²) in [5.41, 5.74) is 15.1. The third-order valence-electron chi connectivity index (χ3n) is 12.6. The molecule has 432 valence electrons. The van der Waals surface area contributed by atoms with Gasteiger partial charge in [0.25, 0.3) is 9.05 Å². The number of aromatic amines is 2. The summed E-state index contributed by atoms with van der Waals surface area (Å²) in [7, 11) is -5.76. The number of alkyl halides is 1. The smallest absolute Gasteiger partial charge is 0.264 e. The van der Waals surface area contributed by atoms with E-state index in [9.17, 15) is 25.3 Å². The van der Waals surface area contributed by atoms with Crippen LogP contribution in [0.1, 0.15) is 76.7 Å². The molecule has 0 bridgehead atoms. The fourth-order valence-electron chi connectivity index (χ4n) is 8.02. The van der Waals surface area contributed by atoms with Crippen LogP contribution in [0.15, 0.2) is 174 Å². The SMILES string of the molecule is ClCc1cn2cc(C3CC3)ccc2n1.NCCc1ccc(Cl)cc1.O=S(=O)(Cl)c1cn[nH]c1.O=S(=O)(NCCc1ccc(Cl)cc1)c1cn[nH]c1.O=S(=O)(NCCc1ccc(Cl)cc1)c1cnn(Cc2cn3cc(C4CC4)ccc3n2)c1. The van der Waals surface area contributed by atoms with Gasteiger partial charge >= 0.3 is 0 Å². The number of nitrogens with zero attached hydrogens (tertiary/aromatic N) is 8. The quantitative estimate of drug-likeness (QED) is 0.0397. The molecule has 2 aliphatic carbocycles. The average molecular weight is 1270 g/mol. The number of sulfonamides is 2. The first kappa shape index (κ1) is 61.9. The zero-order valence-electron chi connectivity index (χ0n) is 43.9. The molecule has 7 heterocycles. The molecule has 19 nitrogen and oxygen atoms in total. The summed E-state index contributed by atoms with van der Waals surface area (Å²) in [4.78, 5) is 9.27. The average Bonchev–Trinajstić information content (AvgIpc) is 4.07. The van der Waals surface area contributed by atoms with Crippen molar-refractivity contribution in [2.45, 2.75) is 83.9 Å². The fraction of sp³-hybridized carbons (Fsp3) is 0.255. The van der Waals surface area contributed by atoms with Gasteiger partial charge < -0.3 is 14.5 Å². The highest BCUT2D eigenvalue weighted by atomic mass is 35.7. The lowest BCUT2D eigenvalue weighted by molar-refractivity contribution is 0.579. The number of hydrogen-bond donors (Lipinski definition) is 5. The Labute approximate surface area is 500 Å². The Morgan fingerprint density at radius 2 is 0.976 bits per heavy atom. The molecule has 2 fully saturated rings. The van der Waals surface area contributed by atoms with E-state index in [-0.39, 0.29) is 14.7 Å². The second-order valence-electron chi connectivity index (χ2n) is 19.0. The van der Waals surface area contributed by atoms with Crippen LogP contribution in [0.3, 0.4) is 0 Å². The Kier molecular flexibility index (Phi) is 21.8. The van der Waals surface area contributed by atoms with Gasteiger partial charge in [-0.3, -0.25) is 14.9 Å². The molecule has 27 heteroatoms. The van der Waals surface area contributed by atoms with Gasteiger partial charge in [0.2, 0.25) is 20.0 Å². The van der Waals surface area contributed by atoms with E-state index in [2.05, 4.69) is 79.9 Å². The molecule has 2 aliphatic rings. The first-order valence-corrected chi connectivity index (χ1v) is 32.7. The zero-order valence-corrected chi connectivity index (χ0v) is 50.1. The highest BCUT2D eigenvalue weighted by molar-refractivity contribution is 8.13. The fourth-order valence-corrected chi connectivity index (χ4v) is 11.1. The van der Waals surface area contributed by atoms with Crippen molar-refractivity contribution in [3.05, 3.63) is 213 Å². The summed E-state index contributed by atoms with van der Waals surface area (Å²) in [6, 6.07) is 30.8. The number of nitrogens with one attached hydrogen (secondary N) is 4. The van der Waals surface area contributed by atoms with Crippen molar-refractivity contribution in [3.8, 4) is 0 Å². The predicted molar refractivity (Wildman–Crippen MR) is 320 cm³/mol. The summed E-state index contributed by atoms with van der Waals surface area (Å²) < 4.78 is 80.3. The molecule has 10 aromatic rings. The van der Waals surface area contributed by atoms with Crippen molar-refractivity contribution >= 4 is 97.5 Å². The third-order valence-corrected chi connectivity index (χ3v) is 17.8. The lowest BCUT2D eigenvalue weighted by atomic mass is 10.2. The largest absolute Gasteiger partial charge is 0.330 e. The van der Waals surface area contributed by atoms with Crippen molar-refractivity contribution in [1.29, 1.82) is 0 Å². The maximum Gasteiger partial charge on any atom is 0.264 e. The minimum Gasteiger partial charge on any atom is -0.330 e. The van der Waals surface area contributed by atoms with E-state index in [4.69, 9.17) is 62.8 Å². The lowest BCUT2D eigenvalue weighted by Crippen LogP contribution is -2.25. The van der Waals surface area contributed by atoms with Crippen LogP contribution in [0.2, 0.25) is 15.1 Å². The van der Waals surface area contributed by atoms with Gasteiger partial charge in [0.15, 0.2) is 0 Å². The second-order valence-corrected chi connectivity index (χ2v) is 26.7. The molecule has 0 saturated heterocycles. The molecule has 0 unspecified atom stereocenters. The summed E-state index contributed by atoms with van der Waals surface area (Å²) in [5.74, 6) is 1.96. The number of pyridine rings is 2. The number of halogens is 5. The zero-order chi connectivity index (χ0) is 58.3. The Hall–Kier alpha value is -6.15. The molecule has 7 aromatic heterocycles. The third kappa shape index (κ3) is 18.9. The number of fused-ring (bicyclic) bond motifs is 2. The maximum atomic E-state index is 12.6. The molecule has 2 saturated carbocycles. The van der Waals surface area contributed by atoms with Crippen LogP contribution >= 0.6 is 57.1 Å². The van der Waals surface area contributed by atoms with E-state index in [0.717, 1.165) is 57.4 Å². The summed E-state index contributed by atoms with van der Waals surface area (Å²) >= 11 is 23.1. The molecule has 3 aromatic carbocycles. The van der Waals surface area contributed by atoms with Gasteiger partial charge in [0.05, 0.1) is 42.4 Å². The molecule has 0 amide bonds. The summed E-state index contributed by atoms with van der Waals surface area (Å²) in [6.45, 7) is 1.72. The normalized spacial score (nSPS) is 13.2. The molecule has 82 heavy (non-hydrogen) atoms.